The lowest BCUT2D eigenvalue weighted by molar-refractivity contribution is -0.130. The summed E-state index contributed by atoms with van der Waals surface area (Å²) >= 11 is 1.42. The molecule has 4 heteroatoms. The van der Waals surface area contributed by atoms with Crippen molar-refractivity contribution in [1.82, 2.24) is 0 Å². The van der Waals surface area contributed by atoms with Gasteiger partial charge in [-0.1, -0.05) is 43.3 Å². The molecule has 0 aliphatic carbocycles. The van der Waals surface area contributed by atoms with Crippen molar-refractivity contribution in [1.29, 1.82) is 0 Å². The normalized spacial score (nSPS) is 11.6. The minimum absolute atomic E-state index is 0.280. The molecular weight excluding hydrogens is 320 g/mol. The Morgan fingerprint density at radius 1 is 1.17 bits per heavy atom. The number of aliphatic carboxylic acids is 1. The first-order chi connectivity index (χ1) is 11.7. The number of carboxylic acid groups (broad SMARTS) is 1. The van der Waals surface area contributed by atoms with Gasteiger partial charge in [-0.25, -0.2) is 4.79 Å². The topological polar surface area (TPSA) is 46.5 Å². The highest BCUT2D eigenvalue weighted by atomic mass is 32.1. The average Bonchev–Trinajstić information content (AvgIpc) is 3.12. The SMILES string of the molecule is CCCOc1ccc2ccccc2c1/C=C(/C(=O)O)c1cccs1. The molecule has 0 bridgehead atoms. The van der Waals surface area contributed by atoms with Crippen molar-refractivity contribution in [3.8, 4) is 5.75 Å². The summed E-state index contributed by atoms with van der Waals surface area (Å²) in [6, 6.07) is 15.5. The van der Waals surface area contributed by atoms with Gasteiger partial charge in [0, 0.05) is 10.4 Å². The van der Waals surface area contributed by atoms with Crippen LogP contribution in [0, 0.1) is 0 Å². The van der Waals surface area contributed by atoms with Gasteiger partial charge in [0.25, 0.3) is 0 Å². The van der Waals surface area contributed by atoms with Gasteiger partial charge in [0.15, 0.2) is 0 Å². The van der Waals surface area contributed by atoms with Crippen LogP contribution in [0.4, 0.5) is 0 Å². The highest BCUT2D eigenvalue weighted by Gasteiger charge is 2.15. The fourth-order valence-electron chi connectivity index (χ4n) is 2.58. The number of ether oxygens (including phenoxy) is 1. The van der Waals surface area contributed by atoms with Gasteiger partial charge in [-0.2, -0.15) is 0 Å². The minimum Gasteiger partial charge on any atom is -0.493 e. The first kappa shape index (κ1) is 16.3. The van der Waals surface area contributed by atoms with Gasteiger partial charge in [-0.05, 0) is 40.8 Å². The molecule has 0 amide bonds. The van der Waals surface area contributed by atoms with E-state index >= 15 is 0 Å². The van der Waals surface area contributed by atoms with Crippen LogP contribution in [-0.2, 0) is 4.79 Å². The van der Waals surface area contributed by atoms with E-state index in [1.54, 1.807) is 6.08 Å². The Morgan fingerprint density at radius 2 is 2.00 bits per heavy atom. The van der Waals surface area contributed by atoms with Crippen molar-refractivity contribution in [2.24, 2.45) is 0 Å². The summed E-state index contributed by atoms with van der Waals surface area (Å²) < 4.78 is 5.86. The third-order valence-corrected chi connectivity index (χ3v) is 4.60. The largest absolute Gasteiger partial charge is 0.493 e. The van der Waals surface area contributed by atoms with Gasteiger partial charge in [-0.3, -0.25) is 0 Å². The van der Waals surface area contributed by atoms with Crippen LogP contribution in [0.1, 0.15) is 23.8 Å². The van der Waals surface area contributed by atoms with E-state index in [0.717, 1.165) is 27.6 Å². The summed E-state index contributed by atoms with van der Waals surface area (Å²) in [5.74, 6) is -0.224. The molecule has 3 aromatic rings. The van der Waals surface area contributed by atoms with E-state index in [1.807, 2.05) is 60.8 Å². The fourth-order valence-corrected chi connectivity index (χ4v) is 3.31. The monoisotopic (exact) mass is 338 g/mol. The smallest absolute Gasteiger partial charge is 0.337 e. The van der Waals surface area contributed by atoms with Crippen molar-refractivity contribution in [2.45, 2.75) is 13.3 Å². The molecule has 1 heterocycles. The van der Waals surface area contributed by atoms with Crippen LogP contribution >= 0.6 is 11.3 Å². The second-order valence-electron chi connectivity index (χ2n) is 5.39. The van der Waals surface area contributed by atoms with E-state index in [0.29, 0.717) is 12.4 Å². The molecule has 0 atom stereocenters. The van der Waals surface area contributed by atoms with E-state index in [1.165, 1.54) is 11.3 Å². The van der Waals surface area contributed by atoms with E-state index in [-0.39, 0.29) is 5.57 Å². The molecule has 0 aliphatic rings. The molecule has 0 aliphatic heterocycles. The summed E-state index contributed by atoms with van der Waals surface area (Å²) in [4.78, 5) is 12.5. The Bertz CT molecular complexity index is 879. The van der Waals surface area contributed by atoms with Crippen molar-refractivity contribution >= 4 is 39.7 Å². The zero-order valence-corrected chi connectivity index (χ0v) is 14.2. The van der Waals surface area contributed by atoms with E-state index < -0.39 is 5.97 Å². The number of thiophene rings is 1. The van der Waals surface area contributed by atoms with Crippen LogP contribution in [-0.4, -0.2) is 17.7 Å². The number of fused-ring (bicyclic) bond motifs is 1. The Kier molecular flexibility index (Phi) is 4.96. The molecule has 2 aromatic carbocycles. The predicted octanol–water partition coefficient (Wildman–Crippen LogP) is 5.32. The molecular formula is C20H18O3S. The van der Waals surface area contributed by atoms with E-state index in [9.17, 15) is 9.90 Å². The third-order valence-electron chi connectivity index (χ3n) is 3.70. The third kappa shape index (κ3) is 3.34. The van der Waals surface area contributed by atoms with Gasteiger partial charge >= 0.3 is 5.97 Å². The van der Waals surface area contributed by atoms with Crippen molar-refractivity contribution in [3.63, 3.8) is 0 Å². The molecule has 0 radical (unpaired) electrons. The van der Waals surface area contributed by atoms with Crippen molar-refractivity contribution in [2.75, 3.05) is 6.61 Å². The molecule has 3 rings (SSSR count). The van der Waals surface area contributed by atoms with Gasteiger partial charge in [-0.15, -0.1) is 11.3 Å². The molecule has 0 fully saturated rings. The first-order valence-electron chi connectivity index (χ1n) is 7.84. The zero-order chi connectivity index (χ0) is 16.9. The van der Waals surface area contributed by atoms with Crippen molar-refractivity contribution < 1.29 is 14.6 Å². The highest BCUT2D eigenvalue weighted by molar-refractivity contribution is 7.11. The Morgan fingerprint density at radius 3 is 2.71 bits per heavy atom. The second-order valence-corrected chi connectivity index (χ2v) is 6.34. The van der Waals surface area contributed by atoms with Gasteiger partial charge in [0.1, 0.15) is 5.75 Å². The predicted molar refractivity (Wildman–Crippen MR) is 99.6 cm³/mol. The fraction of sp³-hybridized carbons (Fsp3) is 0.150. The molecule has 0 saturated heterocycles. The van der Waals surface area contributed by atoms with Crippen LogP contribution in [0.3, 0.4) is 0 Å². The van der Waals surface area contributed by atoms with E-state index in [2.05, 4.69) is 0 Å². The molecule has 1 N–H and O–H groups in total. The summed E-state index contributed by atoms with van der Waals surface area (Å²) in [5.41, 5.74) is 1.09. The molecule has 1 aromatic heterocycles. The lowest BCUT2D eigenvalue weighted by Crippen LogP contribution is -2.00. The van der Waals surface area contributed by atoms with Crippen LogP contribution in [0.15, 0.2) is 53.9 Å². The lowest BCUT2D eigenvalue weighted by atomic mass is 10.0. The maximum absolute atomic E-state index is 11.8. The quantitative estimate of drug-likeness (QED) is 0.619. The Hall–Kier alpha value is -2.59. The first-order valence-corrected chi connectivity index (χ1v) is 8.72. The Labute approximate surface area is 144 Å². The molecule has 24 heavy (non-hydrogen) atoms. The molecule has 3 nitrogen and oxygen atoms in total. The number of carboxylic acids is 1. The summed E-state index contributed by atoms with van der Waals surface area (Å²) in [6.07, 6.45) is 2.62. The van der Waals surface area contributed by atoms with Gasteiger partial charge in [0.2, 0.25) is 0 Å². The summed E-state index contributed by atoms with van der Waals surface area (Å²) in [5, 5.41) is 13.6. The highest BCUT2D eigenvalue weighted by Crippen LogP contribution is 2.33. The van der Waals surface area contributed by atoms with E-state index in [4.69, 9.17) is 4.74 Å². The standard InChI is InChI=1S/C20H18O3S/c1-2-11-23-18-10-9-14-6-3-4-7-15(14)16(18)13-17(20(21)22)19-8-5-12-24-19/h3-10,12-13H,2,11H2,1H3,(H,21,22)/b17-13+. The van der Waals surface area contributed by atoms with Gasteiger partial charge < -0.3 is 9.84 Å². The molecule has 122 valence electrons. The van der Waals surface area contributed by atoms with Crippen molar-refractivity contribution in [3.05, 3.63) is 64.4 Å². The maximum Gasteiger partial charge on any atom is 0.337 e. The lowest BCUT2D eigenvalue weighted by Gasteiger charge is -2.12. The molecule has 0 unspecified atom stereocenters. The molecule has 0 saturated carbocycles. The van der Waals surface area contributed by atoms with Crippen LogP contribution in [0.25, 0.3) is 22.4 Å². The van der Waals surface area contributed by atoms with Crippen LogP contribution in [0.5, 0.6) is 5.75 Å². The number of benzene rings is 2. The number of rotatable bonds is 6. The number of carbonyl (C=O) groups is 1. The zero-order valence-electron chi connectivity index (χ0n) is 13.4. The summed E-state index contributed by atoms with van der Waals surface area (Å²) in [7, 11) is 0. The Balaban J connectivity index is 2.21. The average molecular weight is 338 g/mol. The molecule has 0 spiro atoms. The van der Waals surface area contributed by atoms with Crippen LogP contribution < -0.4 is 4.74 Å². The van der Waals surface area contributed by atoms with Gasteiger partial charge in [0.05, 0.1) is 12.2 Å². The number of hydrogen-bond donors (Lipinski definition) is 1. The number of hydrogen-bond acceptors (Lipinski definition) is 3. The second kappa shape index (κ2) is 7.32. The summed E-state index contributed by atoms with van der Waals surface area (Å²) in [6.45, 7) is 2.64. The minimum atomic E-state index is -0.938. The maximum atomic E-state index is 11.8. The van der Waals surface area contributed by atoms with Crippen LogP contribution in [0.2, 0.25) is 0 Å².